The number of alkyl halides is 4. The van der Waals surface area contributed by atoms with Crippen LogP contribution in [-0.2, 0) is 19.1 Å². The first-order chi connectivity index (χ1) is 9.67. The Kier molecular flexibility index (Phi) is 5.98. The van der Waals surface area contributed by atoms with Gasteiger partial charge in [0, 0.05) is 6.92 Å². The fraction of sp³-hybridized carbons (Fsp3) is 0.846. The van der Waals surface area contributed by atoms with Crippen LogP contribution in [0.4, 0.5) is 17.6 Å². The fourth-order valence-corrected chi connectivity index (χ4v) is 2.13. The lowest BCUT2D eigenvalue weighted by atomic mass is 9.87. The second kappa shape index (κ2) is 7.09. The Morgan fingerprint density at radius 3 is 2.24 bits per heavy atom. The van der Waals surface area contributed by atoms with Gasteiger partial charge in [-0.3, -0.25) is 9.59 Å². The molecule has 0 saturated heterocycles. The molecule has 0 unspecified atom stereocenters. The average Bonchev–Trinajstić information content (AvgIpc) is 2.38. The Hall–Kier alpha value is -1.34. The van der Waals surface area contributed by atoms with E-state index in [4.69, 9.17) is 4.74 Å². The predicted octanol–water partition coefficient (Wildman–Crippen LogP) is 2.94. The maximum atomic E-state index is 13.0. The summed E-state index contributed by atoms with van der Waals surface area (Å²) >= 11 is 0. The number of hydrogen-bond donors (Lipinski definition) is 0. The molecule has 0 N–H and O–H groups in total. The van der Waals surface area contributed by atoms with Gasteiger partial charge >= 0.3 is 17.8 Å². The van der Waals surface area contributed by atoms with Crippen LogP contribution in [0.1, 0.15) is 39.0 Å². The first kappa shape index (κ1) is 17.7. The van der Waals surface area contributed by atoms with Gasteiger partial charge in [0.2, 0.25) is 0 Å². The summed E-state index contributed by atoms with van der Waals surface area (Å²) in [6.07, 6.45) is 0.347. The Labute approximate surface area is 119 Å². The topological polar surface area (TPSA) is 52.6 Å². The van der Waals surface area contributed by atoms with Gasteiger partial charge < -0.3 is 9.47 Å². The molecule has 0 heterocycles. The van der Waals surface area contributed by atoms with Gasteiger partial charge in [-0.1, -0.05) is 0 Å². The van der Waals surface area contributed by atoms with E-state index in [2.05, 4.69) is 4.74 Å². The Balaban J connectivity index is 2.31. The highest BCUT2D eigenvalue weighted by Gasteiger charge is 2.51. The molecule has 0 amide bonds. The van der Waals surface area contributed by atoms with Crippen molar-refractivity contribution in [2.24, 2.45) is 5.92 Å². The van der Waals surface area contributed by atoms with Crippen LogP contribution in [0.3, 0.4) is 0 Å². The van der Waals surface area contributed by atoms with E-state index in [1.807, 2.05) is 0 Å². The molecule has 0 aromatic rings. The normalized spacial score (nSPS) is 23.5. The second-order valence-corrected chi connectivity index (χ2v) is 5.22. The molecule has 21 heavy (non-hydrogen) atoms. The first-order valence-electron chi connectivity index (χ1n) is 6.69. The SMILES string of the molecule is CC(F)(F)C(F)(F)CCOC(=O)C1CCC(OC=O)CC1. The molecule has 1 saturated carbocycles. The van der Waals surface area contributed by atoms with E-state index in [9.17, 15) is 27.2 Å². The van der Waals surface area contributed by atoms with Crippen LogP contribution in [0.5, 0.6) is 0 Å². The summed E-state index contributed by atoms with van der Waals surface area (Å²) in [5, 5.41) is 0. The van der Waals surface area contributed by atoms with Crippen LogP contribution in [-0.4, -0.2) is 37.0 Å². The molecule has 0 bridgehead atoms. The lowest BCUT2D eigenvalue weighted by Gasteiger charge is -2.26. The minimum atomic E-state index is -4.21. The van der Waals surface area contributed by atoms with E-state index < -0.39 is 36.8 Å². The van der Waals surface area contributed by atoms with Crippen molar-refractivity contribution >= 4 is 12.4 Å². The van der Waals surface area contributed by atoms with Crippen molar-refractivity contribution in [3.63, 3.8) is 0 Å². The number of carbonyl (C=O) groups is 2. The summed E-state index contributed by atoms with van der Waals surface area (Å²) in [7, 11) is 0. The zero-order valence-corrected chi connectivity index (χ0v) is 11.6. The van der Waals surface area contributed by atoms with E-state index in [0.717, 1.165) is 0 Å². The van der Waals surface area contributed by atoms with Crippen LogP contribution >= 0.6 is 0 Å². The van der Waals surface area contributed by atoms with Crippen LogP contribution in [0.25, 0.3) is 0 Å². The fourth-order valence-electron chi connectivity index (χ4n) is 2.13. The van der Waals surface area contributed by atoms with Crippen LogP contribution in [0.15, 0.2) is 0 Å². The summed E-state index contributed by atoms with van der Waals surface area (Å²) in [4.78, 5) is 21.8. The average molecular weight is 314 g/mol. The van der Waals surface area contributed by atoms with Crippen LogP contribution in [0.2, 0.25) is 0 Å². The third-order valence-corrected chi connectivity index (χ3v) is 3.56. The highest BCUT2D eigenvalue weighted by atomic mass is 19.3. The molecule has 0 aliphatic heterocycles. The lowest BCUT2D eigenvalue weighted by molar-refractivity contribution is -0.207. The summed E-state index contributed by atoms with van der Waals surface area (Å²) in [5.74, 6) is -9.49. The highest BCUT2D eigenvalue weighted by molar-refractivity contribution is 5.72. The molecule has 0 aromatic heterocycles. The van der Waals surface area contributed by atoms with E-state index >= 15 is 0 Å². The van der Waals surface area contributed by atoms with Gasteiger partial charge in [0.25, 0.3) is 6.47 Å². The molecule has 122 valence electrons. The Bertz CT molecular complexity index is 360. The van der Waals surface area contributed by atoms with Crippen molar-refractivity contribution in [2.75, 3.05) is 6.61 Å². The standard InChI is InChI=1S/C13H18F4O4/c1-12(14,15)13(16,17)6-7-20-11(19)9-2-4-10(5-3-9)21-8-18/h8-10H,2-7H2,1H3. The summed E-state index contributed by atoms with van der Waals surface area (Å²) in [6.45, 7) is -0.278. The van der Waals surface area contributed by atoms with Crippen molar-refractivity contribution in [3.8, 4) is 0 Å². The number of ether oxygens (including phenoxy) is 2. The molecule has 0 radical (unpaired) electrons. The van der Waals surface area contributed by atoms with E-state index in [1.165, 1.54) is 0 Å². The highest BCUT2D eigenvalue weighted by Crippen LogP contribution is 2.36. The van der Waals surface area contributed by atoms with Crippen molar-refractivity contribution in [3.05, 3.63) is 0 Å². The van der Waals surface area contributed by atoms with Crippen molar-refractivity contribution in [1.82, 2.24) is 0 Å². The molecular formula is C13H18F4O4. The monoisotopic (exact) mass is 314 g/mol. The Morgan fingerprint density at radius 1 is 1.19 bits per heavy atom. The number of halogens is 4. The summed E-state index contributed by atoms with van der Waals surface area (Å²) < 4.78 is 60.5. The van der Waals surface area contributed by atoms with E-state index in [1.54, 1.807) is 0 Å². The smallest absolute Gasteiger partial charge is 0.313 e. The van der Waals surface area contributed by atoms with E-state index in [0.29, 0.717) is 32.2 Å². The van der Waals surface area contributed by atoms with Gasteiger partial charge in [0.05, 0.1) is 18.9 Å². The number of rotatable bonds is 7. The largest absolute Gasteiger partial charge is 0.465 e. The quantitative estimate of drug-likeness (QED) is 0.412. The maximum Gasteiger partial charge on any atom is 0.313 e. The van der Waals surface area contributed by atoms with Gasteiger partial charge in [-0.15, -0.1) is 0 Å². The van der Waals surface area contributed by atoms with Gasteiger partial charge in [-0.25, -0.2) is 8.78 Å². The number of carbonyl (C=O) groups excluding carboxylic acids is 2. The van der Waals surface area contributed by atoms with Crippen LogP contribution in [0, 0.1) is 5.92 Å². The van der Waals surface area contributed by atoms with Gasteiger partial charge in [-0.2, -0.15) is 8.78 Å². The van der Waals surface area contributed by atoms with Gasteiger partial charge in [0.15, 0.2) is 0 Å². The molecule has 1 rings (SSSR count). The van der Waals surface area contributed by atoms with Crippen molar-refractivity contribution in [2.45, 2.75) is 57.0 Å². The van der Waals surface area contributed by atoms with E-state index in [-0.39, 0.29) is 13.0 Å². The molecule has 8 heteroatoms. The Morgan fingerprint density at radius 2 is 1.76 bits per heavy atom. The third-order valence-electron chi connectivity index (χ3n) is 3.56. The minimum Gasteiger partial charge on any atom is -0.465 e. The maximum absolute atomic E-state index is 13.0. The second-order valence-electron chi connectivity index (χ2n) is 5.22. The molecule has 1 aliphatic carbocycles. The zero-order chi connectivity index (χ0) is 16.1. The first-order valence-corrected chi connectivity index (χ1v) is 6.69. The zero-order valence-electron chi connectivity index (χ0n) is 11.6. The van der Waals surface area contributed by atoms with Crippen molar-refractivity contribution in [1.29, 1.82) is 0 Å². The molecule has 0 atom stereocenters. The molecule has 0 spiro atoms. The number of hydrogen-bond acceptors (Lipinski definition) is 4. The molecule has 0 aromatic carbocycles. The van der Waals surface area contributed by atoms with Gasteiger partial charge in [-0.05, 0) is 25.7 Å². The molecule has 4 nitrogen and oxygen atoms in total. The molecule has 1 aliphatic rings. The van der Waals surface area contributed by atoms with Gasteiger partial charge in [0.1, 0.15) is 6.10 Å². The predicted molar refractivity (Wildman–Crippen MR) is 64.0 cm³/mol. The molecule has 1 fully saturated rings. The van der Waals surface area contributed by atoms with Crippen molar-refractivity contribution < 1.29 is 36.6 Å². The number of esters is 1. The lowest BCUT2D eigenvalue weighted by Crippen LogP contribution is -2.39. The summed E-state index contributed by atoms with van der Waals surface area (Å²) in [5.41, 5.74) is 0. The minimum absolute atomic E-state index is 0.128. The summed E-state index contributed by atoms with van der Waals surface area (Å²) in [6, 6.07) is 0. The van der Waals surface area contributed by atoms with Crippen LogP contribution < -0.4 is 0 Å². The third kappa shape index (κ3) is 5.17. The molecular weight excluding hydrogens is 296 g/mol.